The molecule has 0 radical (unpaired) electrons. The van der Waals surface area contributed by atoms with E-state index in [0.717, 1.165) is 12.8 Å². The molecular weight excluding hydrogens is 388 g/mol. The molecule has 1 aliphatic rings. The van der Waals surface area contributed by atoms with E-state index in [1.54, 1.807) is 0 Å². The van der Waals surface area contributed by atoms with Gasteiger partial charge in [-0.3, -0.25) is 0 Å². The van der Waals surface area contributed by atoms with Gasteiger partial charge < -0.3 is 9.13 Å². The Balaban J connectivity index is 1.69. The van der Waals surface area contributed by atoms with E-state index in [2.05, 4.69) is 124 Å². The summed E-state index contributed by atoms with van der Waals surface area (Å²) in [7, 11) is 0. The molecule has 0 saturated heterocycles. The highest BCUT2D eigenvalue weighted by Gasteiger charge is 2.25. The molecule has 2 aromatic heterocycles. The molecule has 0 aliphatic heterocycles. The van der Waals surface area contributed by atoms with Crippen molar-refractivity contribution in [2.45, 2.75) is 65.2 Å². The summed E-state index contributed by atoms with van der Waals surface area (Å²) in [5, 5.41) is 1.33. The number of hydrogen-bond acceptors (Lipinski definition) is 0. The van der Waals surface area contributed by atoms with Crippen LogP contribution in [0, 0.1) is 0 Å². The Bertz CT molecular complexity index is 1330. The van der Waals surface area contributed by atoms with Gasteiger partial charge in [-0.05, 0) is 70.7 Å². The van der Waals surface area contributed by atoms with E-state index in [1.807, 2.05) is 0 Å². The standard InChI is InChI=1S/C30H34N2/c1-29(2,3)25-19-31(27-16-9-7-14-23(25)27)21-12-11-13-22(18-21)32-20-26(30(4,5)6)24-15-8-10-17-28(24)32/h7,9-14,16-20H,8,15H2,1-6H3. The van der Waals surface area contributed by atoms with E-state index in [-0.39, 0.29) is 10.8 Å². The molecule has 4 aromatic rings. The van der Waals surface area contributed by atoms with Crippen LogP contribution in [0.3, 0.4) is 0 Å². The van der Waals surface area contributed by atoms with Crippen LogP contribution in [0.15, 0.2) is 67.0 Å². The second kappa shape index (κ2) is 7.27. The highest BCUT2D eigenvalue weighted by Crippen LogP contribution is 2.36. The monoisotopic (exact) mass is 422 g/mol. The first-order chi connectivity index (χ1) is 15.1. The molecule has 2 heterocycles. The Morgan fingerprint density at radius 2 is 1.38 bits per heavy atom. The van der Waals surface area contributed by atoms with Gasteiger partial charge in [0.05, 0.1) is 5.52 Å². The van der Waals surface area contributed by atoms with Gasteiger partial charge in [-0.15, -0.1) is 0 Å². The number of benzene rings is 2. The predicted octanol–water partition coefficient (Wildman–Crippen LogP) is 7.98. The van der Waals surface area contributed by atoms with Crippen molar-refractivity contribution in [1.82, 2.24) is 9.13 Å². The fourth-order valence-corrected chi connectivity index (χ4v) is 5.07. The lowest BCUT2D eigenvalue weighted by Gasteiger charge is -2.20. The highest BCUT2D eigenvalue weighted by molar-refractivity contribution is 5.86. The van der Waals surface area contributed by atoms with E-state index < -0.39 is 0 Å². The van der Waals surface area contributed by atoms with Gasteiger partial charge in [-0.1, -0.05) is 71.9 Å². The lowest BCUT2D eigenvalue weighted by molar-refractivity contribution is 0.583. The van der Waals surface area contributed by atoms with E-state index in [0.29, 0.717) is 0 Å². The van der Waals surface area contributed by atoms with Gasteiger partial charge in [0.15, 0.2) is 0 Å². The Morgan fingerprint density at radius 1 is 0.719 bits per heavy atom. The van der Waals surface area contributed by atoms with Crippen molar-refractivity contribution in [2.75, 3.05) is 0 Å². The van der Waals surface area contributed by atoms with Gasteiger partial charge in [-0.25, -0.2) is 0 Å². The first-order valence-corrected chi connectivity index (χ1v) is 11.8. The predicted molar refractivity (Wildman–Crippen MR) is 137 cm³/mol. The van der Waals surface area contributed by atoms with Crippen LogP contribution in [0.4, 0.5) is 0 Å². The summed E-state index contributed by atoms with van der Waals surface area (Å²) < 4.78 is 4.75. The Labute approximate surface area is 192 Å². The molecule has 0 unspecified atom stereocenters. The van der Waals surface area contributed by atoms with Crippen LogP contribution in [-0.2, 0) is 17.3 Å². The van der Waals surface area contributed by atoms with Crippen LogP contribution >= 0.6 is 0 Å². The number of para-hydroxylation sites is 1. The van der Waals surface area contributed by atoms with E-state index in [4.69, 9.17) is 0 Å². The number of fused-ring (bicyclic) bond motifs is 2. The molecular formula is C30H34N2. The van der Waals surface area contributed by atoms with Crippen molar-refractivity contribution >= 4 is 17.0 Å². The van der Waals surface area contributed by atoms with Crippen molar-refractivity contribution in [2.24, 2.45) is 0 Å². The maximum absolute atomic E-state index is 2.39. The summed E-state index contributed by atoms with van der Waals surface area (Å²) in [6, 6.07) is 17.7. The lowest BCUT2D eigenvalue weighted by Crippen LogP contribution is -2.13. The first kappa shape index (κ1) is 20.9. The zero-order valence-corrected chi connectivity index (χ0v) is 20.2. The topological polar surface area (TPSA) is 9.86 Å². The number of nitrogens with zero attached hydrogens (tertiary/aromatic N) is 2. The Morgan fingerprint density at radius 3 is 2.09 bits per heavy atom. The van der Waals surface area contributed by atoms with Crippen molar-refractivity contribution in [3.8, 4) is 11.4 Å². The van der Waals surface area contributed by atoms with E-state index in [1.165, 1.54) is 44.7 Å². The second-order valence-corrected chi connectivity index (χ2v) is 11.2. The highest BCUT2D eigenvalue weighted by atomic mass is 15.0. The minimum Gasteiger partial charge on any atom is -0.317 e. The summed E-state index contributed by atoms with van der Waals surface area (Å²) in [6.45, 7) is 13.8. The third-order valence-corrected chi connectivity index (χ3v) is 6.70. The molecule has 0 spiro atoms. The number of aromatic nitrogens is 2. The van der Waals surface area contributed by atoms with Gasteiger partial charge in [0.1, 0.15) is 0 Å². The van der Waals surface area contributed by atoms with E-state index >= 15 is 0 Å². The van der Waals surface area contributed by atoms with Crippen molar-refractivity contribution < 1.29 is 0 Å². The lowest BCUT2D eigenvalue weighted by atomic mass is 9.83. The minimum atomic E-state index is 0.0916. The molecule has 0 atom stereocenters. The molecule has 32 heavy (non-hydrogen) atoms. The fourth-order valence-electron chi connectivity index (χ4n) is 5.07. The number of allylic oxidation sites excluding steroid dienone is 1. The zero-order valence-electron chi connectivity index (χ0n) is 20.2. The average molecular weight is 423 g/mol. The maximum Gasteiger partial charge on any atom is 0.0531 e. The van der Waals surface area contributed by atoms with Crippen LogP contribution in [0.2, 0.25) is 0 Å². The van der Waals surface area contributed by atoms with Crippen LogP contribution in [0.5, 0.6) is 0 Å². The van der Waals surface area contributed by atoms with Gasteiger partial charge in [0, 0.05) is 34.8 Å². The summed E-state index contributed by atoms with van der Waals surface area (Å²) in [5.41, 5.74) is 9.60. The molecule has 0 saturated carbocycles. The molecule has 0 fully saturated rings. The van der Waals surface area contributed by atoms with Gasteiger partial charge in [0.2, 0.25) is 0 Å². The number of rotatable bonds is 2. The second-order valence-electron chi connectivity index (χ2n) is 11.2. The van der Waals surface area contributed by atoms with Crippen LogP contribution in [-0.4, -0.2) is 9.13 Å². The Kier molecular flexibility index (Phi) is 4.74. The van der Waals surface area contributed by atoms with Crippen molar-refractivity contribution in [3.05, 3.63) is 89.4 Å². The average Bonchev–Trinajstić information content (AvgIpc) is 3.33. The third-order valence-electron chi connectivity index (χ3n) is 6.70. The first-order valence-electron chi connectivity index (χ1n) is 11.8. The number of hydrogen-bond donors (Lipinski definition) is 0. The van der Waals surface area contributed by atoms with Crippen LogP contribution in [0.1, 0.15) is 70.3 Å². The largest absolute Gasteiger partial charge is 0.317 e. The summed E-state index contributed by atoms with van der Waals surface area (Å²) in [4.78, 5) is 0. The molecule has 0 amide bonds. The molecule has 0 N–H and O–H groups in total. The van der Waals surface area contributed by atoms with Gasteiger partial charge in [0.25, 0.3) is 0 Å². The molecule has 164 valence electrons. The van der Waals surface area contributed by atoms with Crippen molar-refractivity contribution in [1.29, 1.82) is 0 Å². The summed E-state index contributed by atoms with van der Waals surface area (Å²) in [5.74, 6) is 0. The molecule has 1 aliphatic carbocycles. The minimum absolute atomic E-state index is 0.0916. The zero-order chi connectivity index (χ0) is 22.7. The van der Waals surface area contributed by atoms with Crippen molar-refractivity contribution in [3.63, 3.8) is 0 Å². The van der Waals surface area contributed by atoms with Crippen LogP contribution in [0.25, 0.3) is 28.4 Å². The molecule has 5 rings (SSSR count). The fraction of sp³-hybridized carbons (Fsp3) is 0.333. The summed E-state index contributed by atoms with van der Waals surface area (Å²) >= 11 is 0. The Hall–Kier alpha value is -3.00. The quantitative estimate of drug-likeness (QED) is 0.310. The normalized spacial score (nSPS) is 14.2. The third kappa shape index (κ3) is 3.43. The van der Waals surface area contributed by atoms with Crippen LogP contribution < -0.4 is 0 Å². The molecule has 2 aromatic carbocycles. The maximum atomic E-state index is 2.39. The molecule has 0 bridgehead atoms. The van der Waals surface area contributed by atoms with Gasteiger partial charge >= 0.3 is 0 Å². The van der Waals surface area contributed by atoms with Gasteiger partial charge in [-0.2, -0.15) is 0 Å². The smallest absolute Gasteiger partial charge is 0.0531 e. The molecule has 2 heteroatoms. The summed E-state index contributed by atoms with van der Waals surface area (Å²) in [6.07, 6.45) is 11.6. The molecule has 2 nitrogen and oxygen atoms in total. The van der Waals surface area contributed by atoms with E-state index in [9.17, 15) is 0 Å². The SMILES string of the molecule is CC(C)(C)c1cn(-c2cccc(-n3cc(C(C)(C)C)c4ccccc43)c2)c2c1CCC=C2.